The summed E-state index contributed by atoms with van der Waals surface area (Å²) in [6.07, 6.45) is 0. The Morgan fingerprint density at radius 3 is 2.52 bits per heavy atom. The highest BCUT2D eigenvalue weighted by Gasteiger charge is 2.18. The summed E-state index contributed by atoms with van der Waals surface area (Å²) in [5.74, 6) is -0.212. The minimum Gasteiger partial charge on any atom is -0.320 e. The van der Waals surface area contributed by atoms with E-state index >= 15 is 0 Å². The molecule has 0 unspecified atom stereocenters. The normalized spacial score (nSPS) is 10.3. The van der Waals surface area contributed by atoms with Gasteiger partial charge in [-0.3, -0.25) is 4.79 Å². The topological polar surface area (TPSA) is 54.9 Å². The largest absolute Gasteiger partial charge is 0.320 e. The Labute approximate surface area is 134 Å². The highest BCUT2D eigenvalue weighted by atomic mass is 79.9. The third-order valence-corrected chi connectivity index (χ3v) is 4.28. The molecule has 3 aromatic rings. The summed E-state index contributed by atoms with van der Waals surface area (Å²) >= 11 is 4.50. The van der Waals surface area contributed by atoms with Crippen molar-refractivity contribution in [3.63, 3.8) is 0 Å². The summed E-state index contributed by atoms with van der Waals surface area (Å²) in [6, 6.07) is 17.0. The van der Waals surface area contributed by atoms with Gasteiger partial charge in [0.05, 0.1) is 5.69 Å². The Morgan fingerprint density at radius 1 is 1.05 bits per heavy atom. The summed E-state index contributed by atoms with van der Waals surface area (Å²) in [7, 11) is 0. The Kier molecular flexibility index (Phi) is 4.08. The third-order valence-electron chi connectivity index (χ3n) is 2.86. The number of benzene rings is 2. The first-order valence-corrected chi connectivity index (χ1v) is 7.76. The van der Waals surface area contributed by atoms with Crippen LogP contribution in [0.4, 0.5) is 5.69 Å². The molecule has 6 heteroatoms. The number of nitrogens with one attached hydrogen (secondary N) is 1. The van der Waals surface area contributed by atoms with Gasteiger partial charge >= 0.3 is 0 Å². The Morgan fingerprint density at radius 2 is 1.76 bits per heavy atom. The van der Waals surface area contributed by atoms with Gasteiger partial charge in [-0.25, -0.2) is 0 Å². The van der Waals surface area contributed by atoms with E-state index in [1.807, 2.05) is 54.6 Å². The van der Waals surface area contributed by atoms with Crippen LogP contribution < -0.4 is 5.32 Å². The molecule has 0 atom stereocenters. The molecule has 21 heavy (non-hydrogen) atoms. The molecule has 0 fully saturated rings. The van der Waals surface area contributed by atoms with Gasteiger partial charge in [-0.1, -0.05) is 47.0 Å². The van der Waals surface area contributed by atoms with E-state index in [0.29, 0.717) is 10.6 Å². The highest BCUT2D eigenvalue weighted by Crippen LogP contribution is 2.26. The van der Waals surface area contributed by atoms with Crippen molar-refractivity contribution in [2.45, 2.75) is 0 Å². The van der Waals surface area contributed by atoms with Gasteiger partial charge in [0.25, 0.3) is 5.91 Å². The zero-order valence-electron chi connectivity index (χ0n) is 10.8. The Hall–Kier alpha value is -2.05. The maximum Gasteiger partial charge on any atom is 0.269 e. The summed E-state index contributed by atoms with van der Waals surface area (Å²) in [5.41, 5.74) is 2.20. The predicted octanol–water partition coefficient (Wildman–Crippen LogP) is 4.22. The van der Waals surface area contributed by atoms with Crippen molar-refractivity contribution >= 4 is 39.1 Å². The summed E-state index contributed by atoms with van der Waals surface area (Å²) in [4.78, 5) is 12.9. The summed E-state index contributed by atoms with van der Waals surface area (Å²) < 4.78 is 4.73. The molecule has 0 saturated heterocycles. The van der Waals surface area contributed by atoms with Gasteiger partial charge in [-0.15, -0.1) is 5.10 Å². The average molecular weight is 360 g/mol. The van der Waals surface area contributed by atoms with Crippen LogP contribution in [0.5, 0.6) is 0 Å². The second-order valence-corrected chi connectivity index (χ2v) is 5.86. The lowest BCUT2D eigenvalue weighted by Crippen LogP contribution is -2.11. The Bertz CT molecular complexity index is 773. The quantitative estimate of drug-likeness (QED) is 0.761. The SMILES string of the molecule is O=C(Nc1ccccc1Br)c1snnc1-c1ccccc1. The number of hydrogen-bond acceptors (Lipinski definition) is 4. The van der Waals surface area contributed by atoms with Crippen molar-refractivity contribution in [3.8, 4) is 11.3 Å². The fraction of sp³-hybridized carbons (Fsp3) is 0. The second-order valence-electron chi connectivity index (χ2n) is 4.25. The van der Waals surface area contributed by atoms with Crippen LogP contribution in [-0.2, 0) is 0 Å². The zero-order valence-corrected chi connectivity index (χ0v) is 13.2. The number of rotatable bonds is 3. The molecule has 1 aromatic heterocycles. The molecule has 104 valence electrons. The average Bonchev–Trinajstić information content (AvgIpc) is 3.00. The monoisotopic (exact) mass is 359 g/mol. The molecule has 0 aliphatic heterocycles. The Balaban J connectivity index is 1.90. The number of nitrogens with zero attached hydrogens (tertiary/aromatic N) is 2. The molecule has 0 radical (unpaired) electrons. The van der Waals surface area contributed by atoms with Crippen molar-refractivity contribution in [1.29, 1.82) is 0 Å². The molecular formula is C15H10BrN3OS. The molecule has 2 aromatic carbocycles. The lowest BCUT2D eigenvalue weighted by molar-refractivity contribution is 0.103. The molecule has 1 heterocycles. The molecule has 0 saturated carbocycles. The van der Waals surface area contributed by atoms with Crippen LogP contribution in [0, 0.1) is 0 Å². The first-order chi connectivity index (χ1) is 10.3. The number of amides is 1. The molecule has 0 aliphatic rings. The van der Waals surface area contributed by atoms with Gasteiger partial charge in [0.2, 0.25) is 0 Å². The third kappa shape index (κ3) is 3.01. The van der Waals surface area contributed by atoms with Crippen molar-refractivity contribution in [2.75, 3.05) is 5.32 Å². The van der Waals surface area contributed by atoms with Crippen LogP contribution in [0.3, 0.4) is 0 Å². The van der Waals surface area contributed by atoms with Gasteiger partial charge < -0.3 is 5.32 Å². The maximum atomic E-state index is 12.4. The van der Waals surface area contributed by atoms with Crippen LogP contribution in [0.1, 0.15) is 9.67 Å². The van der Waals surface area contributed by atoms with Gasteiger partial charge in [0.1, 0.15) is 10.6 Å². The van der Waals surface area contributed by atoms with E-state index in [-0.39, 0.29) is 5.91 Å². The van der Waals surface area contributed by atoms with E-state index in [9.17, 15) is 4.79 Å². The number of carbonyl (C=O) groups excluding carboxylic acids is 1. The van der Waals surface area contributed by atoms with E-state index < -0.39 is 0 Å². The number of anilines is 1. The van der Waals surface area contributed by atoms with E-state index in [0.717, 1.165) is 27.3 Å². The van der Waals surface area contributed by atoms with Crippen LogP contribution in [0.2, 0.25) is 0 Å². The number of halogens is 1. The summed E-state index contributed by atoms with van der Waals surface area (Å²) in [6.45, 7) is 0. The summed E-state index contributed by atoms with van der Waals surface area (Å²) in [5, 5.41) is 6.93. The van der Waals surface area contributed by atoms with Crippen molar-refractivity contribution in [1.82, 2.24) is 9.59 Å². The van der Waals surface area contributed by atoms with Crippen LogP contribution in [0.25, 0.3) is 11.3 Å². The van der Waals surface area contributed by atoms with Crippen LogP contribution >= 0.6 is 27.5 Å². The van der Waals surface area contributed by atoms with Crippen molar-refractivity contribution in [2.24, 2.45) is 0 Å². The second kappa shape index (κ2) is 6.15. The van der Waals surface area contributed by atoms with E-state index in [1.165, 1.54) is 0 Å². The molecule has 0 bridgehead atoms. The first kappa shape index (κ1) is 13.9. The van der Waals surface area contributed by atoms with Gasteiger partial charge in [0, 0.05) is 10.0 Å². The number of aromatic nitrogens is 2. The lowest BCUT2D eigenvalue weighted by Gasteiger charge is -2.06. The van der Waals surface area contributed by atoms with E-state index in [2.05, 4.69) is 30.8 Å². The number of para-hydroxylation sites is 1. The fourth-order valence-corrected chi connectivity index (χ4v) is 2.83. The minimum atomic E-state index is -0.212. The molecule has 1 N–H and O–H groups in total. The van der Waals surface area contributed by atoms with E-state index in [1.54, 1.807) is 0 Å². The van der Waals surface area contributed by atoms with Crippen molar-refractivity contribution < 1.29 is 4.79 Å². The molecule has 0 aliphatic carbocycles. The number of carbonyl (C=O) groups is 1. The van der Waals surface area contributed by atoms with Crippen LogP contribution in [-0.4, -0.2) is 15.5 Å². The maximum absolute atomic E-state index is 12.4. The zero-order chi connectivity index (χ0) is 14.7. The minimum absolute atomic E-state index is 0.212. The molecule has 1 amide bonds. The standard InChI is InChI=1S/C15H10BrN3OS/c16-11-8-4-5-9-12(11)17-15(20)14-13(18-19-21-14)10-6-2-1-3-7-10/h1-9H,(H,17,20). The van der Waals surface area contributed by atoms with Crippen LogP contribution in [0.15, 0.2) is 59.1 Å². The predicted molar refractivity (Wildman–Crippen MR) is 87.4 cm³/mol. The first-order valence-electron chi connectivity index (χ1n) is 6.19. The highest BCUT2D eigenvalue weighted by molar-refractivity contribution is 9.10. The van der Waals surface area contributed by atoms with Gasteiger partial charge in [-0.05, 0) is 39.6 Å². The molecular weight excluding hydrogens is 350 g/mol. The molecule has 4 nitrogen and oxygen atoms in total. The van der Waals surface area contributed by atoms with Gasteiger partial charge in [0.15, 0.2) is 0 Å². The molecule has 3 rings (SSSR count). The smallest absolute Gasteiger partial charge is 0.269 e. The van der Waals surface area contributed by atoms with Gasteiger partial charge in [-0.2, -0.15) is 0 Å². The van der Waals surface area contributed by atoms with E-state index in [4.69, 9.17) is 0 Å². The fourth-order valence-electron chi connectivity index (χ4n) is 1.87. The number of hydrogen-bond donors (Lipinski definition) is 1. The lowest BCUT2D eigenvalue weighted by atomic mass is 10.1. The molecule has 0 spiro atoms. The van der Waals surface area contributed by atoms with Crippen molar-refractivity contribution in [3.05, 3.63) is 63.9 Å².